The van der Waals surface area contributed by atoms with Crippen molar-refractivity contribution >= 4 is 11.7 Å². The molecule has 0 heterocycles. The van der Waals surface area contributed by atoms with Crippen LogP contribution in [0.2, 0.25) is 0 Å². The van der Waals surface area contributed by atoms with E-state index in [9.17, 15) is 9.18 Å². The topological polar surface area (TPSA) is 52.3 Å². The fourth-order valence-corrected chi connectivity index (χ4v) is 2.08. The van der Waals surface area contributed by atoms with Gasteiger partial charge in [-0.15, -0.1) is 0 Å². The lowest BCUT2D eigenvalue weighted by Gasteiger charge is -2.08. The van der Waals surface area contributed by atoms with Gasteiger partial charge in [-0.05, 0) is 37.6 Å². The van der Waals surface area contributed by atoms with E-state index in [4.69, 9.17) is 10.5 Å². The van der Waals surface area contributed by atoms with Crippen LogP contribution in [0, 0.1) is 19.7 Å². The molecular formula is C16H16FNO2. The average molecular weight is 273 g/mol. The molecule has 0 aliphatic heterocycles. The van der Waals surface area contributed by atoms with Gasteiger partial charge in [0.2, 0.25) is 0 Å². The van der Waals surface area contributed by atoms with Crippen LogP contribution in [0.5, 0.6) is 0 Å². The first-order chi connectivity index (χ1) is 9.45. The second-order valence-corrected chi connectivity index (χ2v) is 4.80. The Bertz CT molecular complexity index is 633. The van der Waals surface area contributed by atoms with E-state index in [-0.39, 0.29) is 17.9 Å². The molecular weight excluding hydrogens is 257 g/mol. The van der Waals surface area contributed by atoms with Crippen molar-refractivity contribution < 1.29 is 13.9 Å². The molecule has 2 N–H and O–H groups in total. The summed E-state index contributed by atoms with van der Waals surface area (Å²) in [5.74, 6) is -1.14. The number of hydrogen-bond donors (Lipinski definition) is 1. The van der Waals surface area contributed by atoms with E-state index in [1.165, 1.54) is 12.1 Å². The fourth-order valence-electron chi connectivity index (χ4n) is 2.08. The van der Waals surface area contributed by atoms with Crippen molar-refractivity contribution in [2.45, 2.75) is 20.5 Å². The molecule has 104 valence electrons. The Morgan fingerprint density at radius 3 is 2.45 bits per heavy atom. The van der Waals surface area contributed by atoms with Crippen LogP contribution in [0.3, 0.4) is 0 Å². The van der Waals surface area contributed by atoms with Crippen LogP contribution in [-0.2, 0) is 11.3 Å². The molecule has 0 saturated heterocycles. The molecule has 0 aliphatic carbocycles. The van der Waals surface area contributed by atoms with Crippen LogP contribution in [0.4, 0.5) is 10.1 Å². The minimum atomic E-state index is -0.624. The monoisotopic (exact) mass is 273 g/mol. The Labute approximate surface area is 117 Å². The lowest BCUT2D eigenvalue weighted by Crippen LogP contribution is -2.09. The minimum absolute atomic E-state index is 0.0503. The molecule has 2 rings (SSSR count). The molecule has 4 heteroatoms. The third kappa shape index (κ3) is 3.35. The minimum Gasteiger partial charge on any atom is -0.457 e. The number of aryl methyl sites for hydroxylation is 2. The van der Waals surface area contributed by atoms with Gasteiger partial charge in [-0.3, -0.25) is 0 Å². The number of nitrogens with two attached hydrogens (primary N) is 1. The molecule has 0 aromatic heterocycles. The maximum atomic E-state index is 13.1. The first-order valence-corrected chi connectivity index (χ1v) is 6.25. The molecule has 2 aromatic rings. The molecule has 3 nitrogen and oxygen atoms in total. The Balaban J connectivity index is 2.10. The van der Waals surface area contributed by atoms with E-state index in [0.29, 0.717) is 0 Å². The summed E-state index contributed by atoms with van der Waals surface area (Å²) < 4.78 is 18.3. The summed E-state index contributed by atoms with van der Waals surface area (Å²) in [5, 5.41) is 0. The molecule has 0 bridgehead atoms. The van der Waals surface area contributed by atoms with Gasteiger partial charge in [-0.25, -0.2) is 9.18 Å². The second kappa shape index (κ2) is 5.74. The van der Waals surface area contributed by atoms with Crippen LogP contribution in [0.1, 0.15) is 27.0 Å². The summed E-state index contributed by atoms with van der Waals surface area (Å²) >= 11 is 0. The summed E-state index contributed by atoms with van der Waals surface area (Å²) in [6.07, 6.45) is 0. The second-order valence-electron chi connectivity index (χ2n) is 4.80. The van der Waals surface area contributed by atoms with Gasteiger partial charge in [0, 0.05) is 5.69 Å². The third-order valence-corrected chi connectivity index (χ3v) is 2.89. The smallest absolute Gasteiger partial charge is 0.340 e. The summed E-state index contributed by atoms with van der Waals surface area (Å²) in [6, 6.07) is 9.55. The lowest BCUT2D eigenvalue weighted by molar-refractivity contribution is 0.0473. The number of carbonyl (C=O) groups excluding carboxylic acids is 1. The number of ether oxygens (including phenoxy) is 1. The molecule has 2 aromatic carbocycles. The third-order valence-electron chi connectivity index (χ3n) is 2.89. The molecule has 0 atom stereocenters. The highest BCUT2D eigenvalue weighted by Gasteiger charge is 2.12. The number of esters is 1. The Hall–Kier alpha value is -2.36. The number of nitrogen functional groups attached to an aromatic ring is 1. The van der Waals surface area contributed by atoms with Gasteiger partial charge in [0.1, 0.15) is 12.4 Å². The van der Waals surface area contributed by atoms with Crippen LogP contribution < -0.4 is 5.73 Å². The number of carbonyl (C=O) groups is 1. The van der Waals surface area contributed by atoms with E-state index in [1.807, 2.05) is 32.0 Å². The standard InChI is InChI=1S/C16H16FNO2/c1-10-5-11(2)7-12(6-10)9-20-16(19)14-8-13(17)3-4-15(14)18/h3-8H,9,18H2,1-2H3. The number of hydrogen-bond acceptors (Lipinski definition) is 3. The average Bonchev–Trinajstić information content (AvgIpc) is 2.38. The SMILES string of the molecule is Cc1cc(C)cc(COC(=O)c2cc(F)ccc2N)c1. The molecule has 20 heavy (non-hydrogen) atoms. The fraction of sp³-hybridized carbons (Fsp3) is 0.188. The van der Waals surface area contributed by atoms with Gasteiger partial charge in [0.05, 0.1) is 5.56 Å². The van der Waals surface area contributed by atoms with Gasteiger partial charge in [0.15, 0.2) is 0 Å². The molecule has 0 amide bonds. The molecule has 0 spiro atoms. The van der Waals surface area contributed by atoms with E-state index in [1.54, 1.807) is 0 Å². The van der Waals surface area contributed by atoms with Crippen LogP contribution in [0.25, 0.3) is 0 Å². The number of rotatable bonds is 3. The highest BCUT2D eigenvalue weighted by Crippen LogP contribution is 2.16. The van der Waals surface area contributed by atoms with Gasteiger partial charge in [-0.2, -0.15) is 0 Å². The van der Waals surface area contributed by atoms with Crippen LogP contribution >= 0.6 is 0 Å². The van der Waals surface area contributed by atoms with Crippen molar-refractivity contribution in [3.8, 4) is 0 Å². The normalized spacial score (nSPS) is 10.3. The molecule has 0 fully saturated rings. The lowest BCUT2D eigenvalue weighted by atomic mass is 10.1. The summed E-state index contributed by atoms with van der Waals surface area (Å²) in [6.45, 7) is 4.09. The van der Waals surface area contributed by atoms with E-state index in [2.05, 4.69) is 0 Å². The van der Waals surface area contributed by atoms with Crippen LogP contribution in [0.15, 0.2) is 36.4 Å². The van der Waals surface area contributed by atoms with Crippen molar-refractivity contribution in [2.24, 2.45) is 0 Å². The Kier molecular flexibility index (Phi) is 4.03. The molecule has 0 aliphatic rings. The molecule has 0 saturated carbocycles. The number of anilines is 1. The summed E-state index contributed by atoms with van der Waals surface area (Å²) in [7, 11) is 0. The summed E-state index contributed by atoms with van der Waals surface area (Å²) in [5.41, 5.74) is 8.99. The van der Waals surface area contributed by atoms with Crippen molar-refractivity contribution in [2.75, 3.05) is 5.73 Å². The van der Waals surface area contributed by atoms with Crippen molar-refractivity contribution in [1.29, 1.82) is 0 Å². The molecule has 0 radical (unpaired) electrons. The van der Waals surface area contributed by atoms with Gasteiger partial charge >= 0.3 is 5.97 Å². The van der Waals surface area contributed by atoms with Gasteiger partial charge in [-0.1, -0.05) is 29.3 Å². The Morgan fingerprint density at radius 1 is 1.15 bits per heavy atom. The first kappa shape index (κ1) is 14.1. The highest BCUT2D eigenvalue weighted by atomic mass is 19.1. The number of benzene rings is 2. The Morgan fingerprint density at radius 2 is 1.80 bits per heavy atom. The van der Waals surface area contributed by atoms with E-state index < -0.39 is 11.8 Å². The van der Waals surface area contributed by atoms with E-state index in [0.717, 1.165) is 22.8 Å². The maximum Gasteiger partial charge on any atom is 0.340 e. The van der Waals surface area contributed by atoms with Crippen molar-refractivity contribution in [3.63, 3.8) is 0 Å². The predicted molar refractivity (Wildman–Crippen MR) is 75.8 cm³/mol. The number of halogens is 1. The van der Waals surface area contributed by atoms with E-state index >= 15 is 0 Å². The van der Waals surface area contributed by atoms with Crippen LogP contribution in [-0.4, -0.2) is 5.97 Å². The molecule has 0 unspecified atom stereocenters. The van der Waals surface area contributed by atoms with Gasteiger partial charge in [0.25, 0.3) is 0 Å². The summed E-state index contributed by atoms with van der Waals surface area (Å²) in [4.78, 5) is 11.9. The van der Waals surface area contributed by atoms with Crippen molar-refractivity contribution in [1.82, 2.24) is 0 Å². The largest absolute Gasteiger partial charge is 0.457 e. The predicted octanol–water partition coefficient (Wildman–Crippen LogP) is 3.38. The quantitative estimate of drug-likeness (QED) is 0.689. The van der Waals surface area contributed by atoms with Gasteiger partial charge < -0.3 is 10.5 Å². The zero-order valence-electron chi connectivity index (χ0n) is 11.4. The zero-order valence-corrected chi connectivity index (χ0v) is 11.4. The maximum absolute atomic E-state index is 13.1. The highest BCUT2D eigenvalue weighted by molar-refractivity contribution is 5.95. The van der Waals surface area contributed by atoms with Crippen molar-refractivity contribution in [3.05, 3.63) is 64.5 Å². The first-order valence-electron chi connectivity index (χ1n) is 6.25. The zero-order chi connectivity index (χ0) is 14.7.